The predicted molar refractivity (Wildman–Crippen MR) is 110 cm³/mol. The van der Waals surface area contributed by atoms with Crippen molar-refractivity contribution in [1.29, 1.82) is 0 Å². The number of pyridine rings is 1. The third-order valence-electron chi connectivity index (χ3n) is 5.11. The van der Waals surface area contributed by atoms with E-state index in [9.17, 15) is 0 Å². The highest BCUT2D eigenvalue weighted by molar-refractivity contribution is 5.73. The van der Waals surface area contributed by atoms with Crippen LogP contribution in [0.25, 0.3) is 11.3 Å². The Balaban J connectivity index is 1.62. The smallest absolute Gasteiger partial charge is 0.169 e. The molecule has 0 amide bonds. The molecule has 0 radical (unpaired) electrons. The number of rotatable bonds is 4. The molecular formula is C21H24N6. The van der Waals surface area contributed by atoms with Gasteiger partial charge in [0.15, 0.2) is 5.82 Å². The minimum Gasteiger partial charge on any atom is -0.380 e. The molecule has 3 N–H and O–H groups in total. The van der Waals surface area contributed by atoms with E-state index in [1.807, 2.05) is 48.5 Å². The van der Waals surface area contributed by atoms with Crippen molar-refractivity contribution in [3.05, 3.63) is 54.6 Å². The Hall–Kier alpha value is -3.15. The molecule has 0 bridgehead atoms. The van der Waals surface area contributed by atoms with E-state index < -0.39 is 0 Å². The molecule has 2 aromatic heterocycles. The molecule has 3 heterocycles. The molecule has 138 valence electrons. The van der Waals surface area contributed by atoms with Crippen LogP contribution >= 0.6 is 0 Å². The lowest BCUT2D eigenvalue weighted by atomic mass is 10.1. The van der Waals surface area contributed by atoms with Crippen LogP contribution in [0, 0.1) is 0 Å². The number of hydrogen-bond acceptors (Lipinski definition) is 6. The molecule has 0 saturated carbocycles. The second-order valence-electron chi connectivity index (χ2n) is 7.08. The van der Waals surface area contributed by atoms with Crippen LogP contribution in [-0.2, 0) is 0 Å². The van der Waals surface area contributed by atoms with Crippen LogP contribution < -0.4 is 16.0 Å². The molecule has 2 atom stereocenters. The third-order valence-corrected chi connectivity index (χ3v) is 5.11. The van der Waals surface area contributed by atoms with E-state index in [1.165, 1.54) is 12.8 Å². The van der Waals surface area contributed by atoms with Crippen molar-refractivity contribution in [1.82, 2.24) is 15.2 Å². The Kier molecular flexibility index (Phi) is 4.62. The van der Waals surface area contributed by atoms with Gasteiger partial charge in [0.1, 0.15) is 11.6 Å². The van der Waals surface area contributed by atoms with Crippen LogP contribution in [0.1, 0.15) is 26.7 Å². The van der Waals surface area contributed by atoms with Gasteiger partial charge in [0.05, 0.1) is 11.4 Å². The number of nitrogen functional groups attached to an aromatic ring is 1. The molecule has 0 spiro atoms. The number of nitrogens with two attached hydrogens (primary N) is 1. The van der Waals surface area contributed by atoms with Gasteiger partial charge in [0, 0.05) is 17.6 Å². The summed E-state index contributed by atoms with van der Waals surface area (Å²) in [4.78, 5) is 7.19. The lowest BCUT2D eigenvalue weighted by Gasteiger charge is -2.27. The summed E-state index contributed by atoms with van der Waals surface area (Å²) in [5.74, 6) is 2.09. The van der Waals surface area contributed by atoms with E-state index in [1.54, 1.807) is 0 Å². The minimum atomic E-state index is 0.352. The Morgan fingerprint density at radius 1 is 0.963 bits per heavy atom. The van der Waals surface area contributed by atoms with Crippen LogP contribution in [0.15, 0.2) is 54.6 Å². The van der Waals surface area contributed by atoms with Crippen molar-refractivity contribution in [2.75, 3.05) is 16.0 Å². The van der Waals surface area contributed by atoms with Crippen molar-refractivity contribution in [3.63, 3.8) is 0 Å². The molecule has 1 aliphatic rings. The van der Waals surface area contributed by atoms with Gasteiger partial charge in [0.25, 0.3) is 0 Å². The summed E-state index contributed by atoms with van der Waals surface area (Å²) < 4.78 is 0. The predicted octanol–water partition coefficient (Wildman–Crippen LogP) is 4.24. The van der Waals surface area contributed by atoms with Gasteiger partial charge in [-0.15, -0.1) is 10.2 Å². The first-order valence-corrected chi connectivity index (χ1v) is 9.33. The van der Waals surface area contributed by atoms with Crippen LogP contribution in [-0.4, -0.2) is 27.3 Å². The van der Waals surface area contributed by atoms with Crippen LogP contribution in [0.3, 0.4) is 0 Å². The standard InChI is InChI=1S/C21H24N6/c1-14-11-12-15(2)27(14)20-10-6-9-19(24-20)23-18-13-17(25-26-21(18)22)16-7-4-3-5-8-16/h3-10,13-15H,11-12H2,1-2H3,(H2,22,26)(H,23,24,25). The maximum absolute atomic E-state index is 6.05. The van der Waals surface area contributed by atoms with Crippen molar-refractivity contribution < 1.29 is 0 Å². The molecular weight excluding hydrogens is 336 g/mol. The van der Waals surface area contributed by atoms with Gasteiger partial charge in [-0.05, 0) is 44.9 Å². The number of nitrogens with zero attached hydrogens (tertiary/aromatic N) is 4. The van der Waals surface area contributed by atoms with E-state index in [-0.39, 0.29) is 0 Å². The fraction of sp³-hybridized carbons (Fsp3) is 0.286. The molecule has 1 aliphatic heterocycles. The van der Waals surface area contributed by atoms with Gasteiger partial charge in [-0.3, -0.25) is 0 Å². The zero-order chi connectivity index (χ0) is 18.8. The quantitative estimate of drug-likeness (QED) is 0.724. The molecule has 0 aliphatic carbocycles. The van der Waals surface area contributed by atoms with Crippen LogP contribution in [0.2, 0.25) is 0 Å². The first-order chi connectivity index (χ1) is 13.1. The molecule has 6 heteroatoms. The first kappa shape index (κ1) is 17.3. The largest absolute Gasteiger partial charge is 0.380 e. The fourth-order valence-corrected chi connectivity index (χ4v) is 3.67. The molecule has 3 aromatic rings. The summed E-state index contributed by atoms with van der Waals surface area (Å²) in [7, 11) is 0. The number of aromatic nitrogens is 3. The zero-order valence-electron chi connectivity index (χ0n) is 15.6. The molecule has 6 nitrogen and oxygen atoms in total. The molecule has 1 fully saturated rings. The lowest BCUT2D eigenvalue weighted by molar-refractivity contribution is 0.684. The summed E-state index contributed by atoms with van der Waals surface area (Å²) in [6, 6.07) is 18.9. The summed E-state index contributed by atoms with van der Waals surface area (Å²) in [5, 5.41) is 11.6. The number of hydrogen-bond donors (Lipinski definition) is 2. The van der Waals surface area contributed by atoms with Gasteiger partial charge < -0.3 is 16.0 Å². The fourth-order valence-electron chi connectivity index (χ4n) is 3.67. The van der Waals surface area contributed by atoms with Gasteiger partial charge in [0.2, 0.25) is 0 Å². The molecule has 1 aromatic carbocycles. The van der Waals surface area contributed by atoms with Crippen LogP contribution in [0.5, 0.6) is 0 Å². The molecule has 2 unspecified atom stereocenters. The highest BCUT2D eigenvalue weighted by Gasteiger charge is 2.28. The van der Waals surface area contributed by atoms with E-state index >= 15 is 0 Å². The normalized spacial score (nSPS) is 19.3. The zero-order valence-corrected chi connectivity index (χ0v) is 15.6. The van der Waals surface area contributed by atoms with Crippen LogP contribution in [0.4, 0.5) is 23.1 Å². The van der Waals surface area contributed by atoms with Crippen molar-refractivity contribution in [2.45, 2.75) is 38.8 Å². The monoisotopic (exact) mass is 360 g/mol. The average molecular weight is 360 g/mol. The van der Waals surface area contributed by atoms with E-state index in [0.717, 1.165) is 22.9 Å². The van der Waals surface area contributed by atoms with E-state index in [4.69, 9.17) is 10.7 Å². The molecule has 27 heavy (non-hydrogen) atoms. The van der Waals surface area contributed by atoms with Crippen molar-refractivity contribution >= 4 is 23.1 Å². The SMILES string of the molecule is CC1CCC(C)N1c1cccc(Nc2cc(-c3ccccc3)nnc2N)n1. The van der Waals surface area contributed by atoms with Gasteiger partial charge >= 0.3 is 0 Å². The van der Waals surface area contributed by atoms with Crippen molar-refractivity contribution in [2.24, 2.45) is 0 Å². The second-order valence-corrected chi connectivity index (χ2v) is 7.08. The number of nitrogens with one attached hydrogen (secondary N) is 1. The molecule has 4 rings (SSSR count). The Morgan fingerprint density at radius 3 is 2.44 bits per heavy atom. The highest BCUT2D eigenvalue weighted by Crippen LogP contribution is 2.31. The van der Waals surface area contributed by atoms with Gasteiger partial charge in [-0.1, -0.05) is 36.4 Å². The minimum absolute atomic E-state index is 0.352. The Labute approximate surface area is 159 Å². The topological polar surface area (TPSA) is 80.0 Å². The van der Waals surface area contributed by atoms with Gasteiger partial charge in [-0.2, -0.15) is 0 Å². The molecule has 1 saturated heterocycles. The summed E-state index contributed by atoms with van der Waals surface area (Å²) >= 11 is 0. The summed E-state index contributed by atoms with van der Waals surface area (Å²) in [6.07, 6.45) is 2.39. The Bertz CT molecular complexity index is 917. The van der Waals surface area contributed by atoms with E-state index in [0.29, 0.717) is 23.6 Å². The number of benzene rings is 1. The maximum Gasteiger partial charge on any atom is 0.169 e. The van der Waals surface area contributed by atoms with Gasteiger partial charge in [-0.25, -0.2) is 4.98 Å². The highest BCUT2D eigenvalue weighted by atomic mass is 15.3. The second kappa shape index (κ2) is 7.23. The third kappa shape index (κ3) is 3.56. The maximum atomic E-state index is 6.05. The summed E-state index contributed by atoms with van der Waals surface area (Å²) in [5.41, 5.74) is 8.51. The first-order valence-electron chi connectivity index (χ1n) is 9.33. The van der Waals surface area contributed by atoms with Crippen molar-refractivity contribution in [3.8, 4) is 11.3 Å². The number of anilines is 4. The lowest BCUT2D eigenvalue weighted by Crippen LogP contribution is -2.33. The average Bonchev–Trinajstić information content (AvgIpc) is 3.03. The Morgan fingerprint density at radius 2 is 1.70 bits per heavy atom. The van der Waals surface area contributed by atoms with E-state index in [2.05, 4.69) is 40.3 Å². The summed E-state index contributed by atoms with van der Waals surface area (Å²) in [6.45, 7) is 4.50.